The first-order chi connectivity index (χ1) is 7.91. The largest absolute Gasteiger partial charge is 0.481 e. The zero-order valence-corrected chi connectivity index (χ0v) is 13.1. The maximum Gasteiger partial charge on any atom is 0.339 e. The Morgan fingerprint density at radius 1 is 1.24 bits per heavy atom. The lowest BCUT2D eigenvalue weighted by Gasteiger charge is -2.07. The van der Waals surface area contributed by atoms with Crippen LogP contribution in [0.3, 0.4) is 0 Å². The molecule has 0 saturated heterocycles. The third kappa shape index (κ3) is 4.40. The van der Waals surface area contributed by atoms with Gasteiger partial charge in [0.1, 0.15) is 6.61 Å². The molecule has 0 heterocycles. The van der Waals surface area contributed by atoms with E-state index in [1.807, 2.05) is 0 Å². The van der Waals surface area contributed by atoms with Gasteiger partial charge in [-0.2, -0.15) is 0 Å². The van der Waals surface area contributed by atoms with Crippen LogP contribution < -0.4 is 0 Å². The van der Waals surface area contributed by atoms with E-state index in [1.165, 1.54) is 0 Å². The molecule has 92 valence electrons. The number of carbonyl (C=O) groups is 2. The number of hydrogen-bond acceptors (Lipinski definition) is 3. The fourth-order valence-corrected chi connectivity index (χ4v) is 2.63. The van der Waals surface area contributed by atoms with E-state index < -0.39 is 11.9 Å². The van der Waals surface area contributed by atoms with Crippen LogP contribution in [0.4, 0.5) is 0 Å². The summed E-state index contributed by atoms with van der Waals surface area (Å²) in [5, 5.41) is 8.42. The Morgan fingerprint density at radius 2 is 1.88 bits per heavy atom. The molecule has 0 aliphatic rings. The van der Waals surface area contributed by atoms with Crippen molar-refractivity contribution in [3.63, 3.8) is 0 Å². The molecule has 0 bridgehead atoms. The Balaban J connectivity index is 2.78. The van der Waals surface area contributed by atoms with E-state index in [-0.39, 0.29) is 13.0 Å². The van der Waals surface area contributed by atoms with Gasteiger partial charge in [-0.15, -0.1) is 0 Å². The van der Waals surface area contributed by atoms with Crippen LogP contribution in [0.5, 0.6) is 0 Å². The molecule has 0 atom stereocenters. The summed E-state index contributed by atoms with van der Waals surface area (Å²) in [6, 6.07) is 3.37. The Morgan fingerprint density at radius 3 is 2.47 bits per heavy atom. The Hall–Kier alpha value is -0.400. The molecular formula is C10H7Br3O4. The summed E-state index contributed by atoms with van der Waals surface area (Å²) in [5.41, 5.74) is 0.330. The average Bonchev–Trinajstić information content (AvgIpc) is 2.22. The molecule has 0 aliphatic carbocycles. The number of carboxylic acids is 1. The number of esters is 1. The molecule has 1 N–H and O–H groups in total. The maximum absolute atomic E-state index is 11.7. The Kier molecular flexibility index (Phi) is 5.61. The molecule has 0 aromatic heterocycles. The van der Waals surface area contributed by atoms with E-state index >= 15 is 0 Å². The fraction of sp³-hybridized carbons (Fsp3) is 0.200. The molecule has 17 heavy (non-hydrogen) atoms. The number of aliphatic carboxylic acids is 1. The molecule has 0 unspecified atom stereocenters. The van der Waals surface area contributed by atoms with Gasteiger partial charge >= 0.3 is 11.9 Å². The lowest BCUT2D eigenvalue weighted by molar-refractivity contribution is -0.137. The SMILES string of the molecule is O=C(O)CCOC(=O)c1cc(Br)cc(Br)c1Br. The second kappa shape index (κ2) is 6.51. The minimum atomic E-state index is -1.01. The smallest absolute Gasteiger partial charge is 0.339 e. The zero-order valence-electron chi connectivity index (χ0n) is 8.37. The third-order valence-corrected chi connectivity index (χ3v) is 4.23. The molecule has 0 amide bonds. The number of ether oxygens (including phenoxy) is 1. The molecule has 1 aromatic rings. The standard InChI is InChI=1S/C10H7Br3O4/c11-5-3-6(9(13)7(12)4-5)10(16)17-2-1-8(14)15/h3-4H,1-2H2,(H,14,15). The molecule has 0 spiro atoms. The highest BCUT2D eigenvalue weighted by Gasteiger charge is 2.15. The summed E-state index contributed by atoms with van der Waals surface area (Å²) in [4.78, 5) is 21.9. The topological polar surface area (TPSA) is 63.6 Å². The van der Waals surface area contributed by atoms with Gasteiger partial charge in [0.15, 0.2) is 0 Å². The number of carbonyl (C=O) groups excluding carboxylic acids is 1. The molecule has 0 radical (unpaired) electrons. The highest BCUT2D eigenvalue weighted by atomic mass is 79.9. The van der Waals surface area contributed by atoms with Crippen molar-refractivity contribution >= 4 is 59.7 Å². The zero-order chi connectivity index (χ0) is 13.0. The molecule has 1 aromatic carbocycles. The van der Waals surface area contributed by atoms with Crippen LogP contribution in [-0.2, 0) is 9.53 Å². The first-order valence-corrected chi connectivity index (χ1v) is 6.83. The van der Waals surface area contributed by atoms with Crippen LogP contribution in [0.25, 0.3) is 0 Å². The van der Waals surface area contributed by atoms with E-state index in [0.717, 1.165) is 4.47 Å². The van der Waals surface area contributed by atoms with Crippen LogP contribution in [0, 0.1) is 0 Å². The molecule has 0 fully saturated rings. The number of rotatable bonds is 4. The normalized spacial score (nSPS) is 10.1. The molecular weight excluding hydrogens is 424 g/mol. The predicted octanol–water partition coefficient (Wildman–Crippen LogP) is 3.61. The predicted molar refractivity (Wildman–Crippen MR) is 72.1 cm³/mol. The number of hydrogen-bond donors (Lipinski definition) is 1. The van der Waals surface area contributed by atoms with Gasteiger partial charge in [-0.1, -0.05) is 15.9 Å². The third-order valence-electron chi connectivity index (χ3n) is 1.76. The number of halogens is 3. The monoisotopic (exact) mass is 428 g/mol. The molecule has 7 heteroatoms. The Bertz CT molecular complexity index is 459. The van der Waals surface area contributed by atoms with Crippen molar-refractivity contribution in [1.29, 1.82) is 0 Å². The van der Waals surface area contributed by atoms with Gasteiger partial charge in [0.05, 0.1) is 12.0 Å². The van der Waals surface area contributed by atoms with Crippen LogP contribution >= 0.6 is 47.8 Å². The molecule has 4 nitrogen and oxygen atoms in total. The summed E-state index contributed by atoms with van der Waals surface area (Å²) in [6.07, 6.45) is -0.210. The molecule has 1 rings (SSSR count). The lowest BCUT2D eigenvalue weighted by atomic mass is 10.2. The van der Waals surface area contributed by atoms with Gasteiger partial charge in [-0.25, -0.2) is 4.79 Å². The second-order valence-corrected chi connectivity index (χ2v) is 5.59. The van der Waals surface area contributed by atoms with Crippen LogP contribution in [0.1, 0.15) is 16.8 Å². The van der Waals surface area contributed by atoms with Gasteiger partial charge in [-0.3, -0.25) is 4.79 Å². The van der Waals surface area contributed by atoms with Crippen molar-refractivity contribution < 1.29 is 19.4 Å². The van der Waals surface area contributed by atoms with E-state index in [4.69, 9.17) is 9.84 Å². The average molecular weight is 431 g/mol. The summed E-state index contributed by atoms with van der Waals surface area (Å²) in [5.74, 6) is -1.58. The summed E-state index contributed by atoms with van der Waals surface area (Å²) in [6.45, 7) is -0.148. The lowest BCUT2D eigenvalue weighted by Crippen LogP contribution is -2.10. The summed E-state index contributed by atoms with van der Waals surface area (Å²) < 4.78 is 6.83. The summed E-state index contributed by atoms with van der Waals surface area (Å²) in [7, 11) is 0. The van der Waals surface area contributed by atoms with Crippen molar-refractivity contribution in [3.8, 4) is 0 Å². The van der Waals surface area contributed by atoms with E-state index in [9.17, 15) is 9.59 Å². The van der Waals surface area contributed by atoms with E-state index in [2.05, 4.69) is 47.8 Å². The van der Waals surface area contributed by atoms with Gasteiger partial charge < -0.3 is 9.84 Å². The fourth-order valence-electron chi connectivity index (χ4n) is 1.01. The van der Waals surface area contributed by atoms with E-state index in [0.29, 0.717) is 14.5 Å². The number of carboxylic acid groups (broad SMARTS) is 1. The minimum absolute atomic E-state index is 0.148. The molecule has 0 aliphatic heterocycles. The van der Waals surface area contributed by atoms with Crippen molar-refractivity contribution in [2.75, 3.05) is 6.61 Å². The maximum atomic E-state index is 11.7. The second-order valence-electron chi connectivity index (χ2n) is 3.03. The summed E-state index contributed by atoms with van der Waals surface area (Å²) >= 11 is 9.78. The van der Waals surface area contributed by atoms with Crippen LogP contribution in [0.2, 0.25) is 0 Å². The van der Waals surface area contributed by atoms with Crippen LogP contribution in [-0.4, -0.2) is 23.7 Å². The van der Waals surface area contributed by atoms with Crippen molar-refractivity contribution in [2.45, 2.75) is 6.42 Å². The van der Waals surface area contributed by atoms with Crippen molar-refractivity contribution in [1.82, 2.24) is 0 Å². The quantitative estimate of drug-likeness (QED) is 0.585. The number of benzene rings is 1. The molecule has 0 saturated carbocycles. The Labute approximate surface area is 123 Å². The first-order valence-electron chi connectivity index (χ1n) is 4.45. The van der Waals surface area contributed by atoms with Gasteiger partial charge in [0, 0.05) is 13.4 Å². The van der Waals surface area contributed by atoms with E-state index in [1.54, 1.807) is 12.1 Å². The highest BCUT2D eigenvalue weighted by molar-refractivity contribution is 9.13. The highest BCUT2D eigenvalue weighted by Crippen LogP contribution is 2.31. The van der Waals surface area contributed by atoms with Gasteiger partial charge in [-0.05, 0) is 44.0 Å². The van der Waals surface area contributed by atoms with Gasteiger partial charge in [0.2, 0.25) is 0 Å². The van der Waals surface area contributed by atoms with Gasteiger partial charge in [0.25, 0.3) is 0 Å². The first kappa shape index (κ1) is 14.7. The van der Waals surface area contributed by atoms with Crippen molar-refractivity contribution in [2.24, 2.45) is 0 Å². The van der Waals surface area contributed by atoms with Crippen molar-refractivity contribution in [3.05, 3.63) is 31.1 Å². The van der Waals surface area contributed by atoms with Crippen LogP contribution in [0.15, 0.2) is 25.6 Å². The minimum Gasteiger partial charge on any atom is -0.481 e.